The number of benzene rings is 1. The summed E-state index contributed by atoms with van der Waals surface area (Å²) in [6.07, 6.45) is -2.38. The number of anilines is 1. The van der Waals surface area contributed by atoms with Crippen LogP contribution in [0.1, 0.15) is 33.6 Å². The van der Waals surface area contributed by atoms with Crippen molar-refractivity contribution in [1.29, 1.82) is 0 Å². The van der Waals surface area contributed by atoms with Crippen LogP contribution < -0.4 is 15.8 Å². The van der Waals surface area contributed by atoms with Gasteiger partial charge in [0.1, 0.15) is 0 Å². The molecule has 1 aromatic carbocycles. The Morgan fingerprint density at radius 2 is 2.00 bits per heavy atom. The van der Waals surface area contributed by atoms with Gasteiger partial charge in [-0.25, -0.2) is 0 Å². The number of hydrogen-bond acceptors (Lipinski definition) is 3. The predicted molar refractivity (Wildman–Crippen MR) is 113 cm³/mol. The Hall–Kier alpha value is -1.23. The summed E-state index contributed by atoms with van der Waals surface area (Å²) < 4.78 is 41.5. The molecule has 1 saturated heterocycles. The number of rotatable bonds is 5. The number of nitrogens with two attached hydrogens (primary N) is 1. The molecule has 154 valence electrons. The molecule has 0 aliphatic carbocycles. The molecule has 1 heterocycles. The van der Waals surface area contributed by atoms with Crippen LogP contribution in [0.2, 0.25) is 0 Å². The van der Waals surface area contributed by atoms with Gasteiger partial charge < -0.3 is 15.8 Å². The molecule has 5 nitrogen and oxygen atoms in total. The van der Waals surface area contributed by atoms with Crippen molar-refractivity contribution in [2.75, 3.05) is 25.0 Å². The first-order valence-electron chi connectivity index (χ1n) is 8.73. The molecule has 0 bridgehead atoms. The number of likely N-dealkylation sites (tertiary alicyclic amines) is 1. The van der Waals surface area contributed by atoms with Gasteiger partial charge in [0.2, 0.25) is 0 Å². The van der Waals surface area contributed by atoms with E-state index in [1.807, 2.05) is 0 Å². The zero-order valence-electron chi connectivity index (χ0n) is 15.8. The minimum atomic E-state index is -4.77. The lowest BCUT2D eigenvalue weighted by Crippen LogP contribution is -2.51. The van der Waals surface area contributed by atoms with Gasteiger partial charge in [-0.1, -0.05) is 19.1 Å². The molecule has 9 heteroatoms. The molecule has 3 N–H and O–H groups in total. The summed E-state index contributed by atoms with van der Waals surface area (Å²) >= 11 is 0. The Morgan fingerprint density at radius 1 is 1.33 bits per heavy atom. The zero-order valence-corrected chi connectivity index (χ0v) is 18.2. The van der Waals surface area contributed by atoms with Crippen LogP contribution >= 0.6 is 24.0 Å². The Balaban J connectivity index is 0.00000364. The zero-order chi connectivity index (χ0) is 19.4. The van der Waals surface area contributed by atoms with Gasteiger partial charge in [0.05, 0.1) is 12.2 Å². The summed E-state index contributed by atoms with van der Waals surface area (Å²) in [4.78, 5) is 6.72. The molecule has 1 aliphatic rings. The molecule has 0 aromatic heterocycles. The first-order chi connectivity index (χ1) is 12.1. The van der Waals surface area contributed by atoms with Crippen LogP contribution in [0.4, 0.5) is 18.9 Å². The van der Waals surface area contributed by atoms with Gasteiger partial charge in [0, 0.05) is 12.1 Å². The maximum absolute atomic E-state index is 12.5. The number of aliphatic imine (C=N–C) groups is 1. The maximum Gasteiger partial charge on any atom is 0.573 e. The molecule has 0 radical (unpaired) electrons. The summed E-state index contributed by atoms with van der Waals surface area (Å²) in [5, 5.41) is 2.70. The number of ether oxygens (including phenoxy) is 1. The van der Waals surface area contributed by atoms with Crippen molar-refractivity contribution in [3.8, 4) is 5.75 Å². The third-order valence-electron chi connectivity index (χ3n) is 4.52. The van der Waals surface area contributed by atoms with Crippen LogP contribution in [-0.4, -0.2) is 42.4 Å². The van der Waals surface area contributed by atoms with E-state index in [4.69, 9.17) is 5.73 Å². The van der Waals surface area contributed by atoms with Crippen molar-refractivity contribution in [1.82, 2.24) is 4.90 Å². The lowest BCUT2D eigenvalue weighted by molar-refractivity contribution is -0.274. The summed E-state index contributed by atoms with van der Waals surface area (Å²) in [5.41, 5.74) is 5.83. The lowest BCUT2D eigenvalue weighted by Gasteiger charge is -2.42. The standard InChI is InChI=1S/C18H27F3N4O.HI/c1-13-7-6-10-25(11-13)17(2,3)12-23-16(22)24-14-8-4-5-9-15(14)26-18(19,20)21;/h4-5,8-9,13H,6-7,10-12H2,1-3H3,(H3,22,23,24);1H. The minimum absolute atomic E-state index is 0. The Bertz CT molecular complexity index is 637. The van der Waals surface area contributed by atoms with Crippen LogP contribution in [0.3, 0.4) is 0 Å². The topological polar surface area (TPSA) is 62.9 Å². The van der Waals surface area contributed by atoms with Crippen LogP contribution in [0.25, 0.3) is 0 Å². The van der Waals surface area contributed by atoms with Crippen molar-refractivity contribution >= 4 is 35.6 Å². The average molecular weight is 500 g/mol. The quantitative estimate of drug-likeness (QED) is 0.357. The van der Waals surface area contributed by atoms with Crippen LogP contribution in [0.5, 0.6) is 5.75 Å². The number of para-hydroxylation sites is 2. The normalized spacial score (nSPS) is 19.3. The van der Waals surface area contributed by atoms with E-state index in [-0.39, 0.29) is 46.9 Å². The van der Waals surface area contributed by atoms with E-state index in [0.717, 1.165) is 19.5 Å². The molecular weight excluding hydrogens is 472 g/mol. The largest absolute Gasteiger partial charge is 0.573 e. The fourth-order valence-electron chi connectivity index (χ4n) is 3.08. The number of nitrogens with one attached hydrogen (secondary N) is 1. The second-order valence-electron chi connectivity index (χ2n) is 7.38. The van der Waals surface area contributed by atoms with Gasteiger partial charge in [0.15, 0.2) is 11.7 Å². The molecule has 2 rings (SSSR count). The van der Waals surface area contributed by atoms with Gasteiger partial charge in [-0.3, -0.25) is 9.89 Å². The second-order valence-corrected chi connectivity index (χ2v) is 7.38. The van der Waals surface area contributed by atoms with Crippen molar-refractivity contribution in [3.63, 3.8) is 0 Å². The number of guanidine groups is 1. The molecular formula is C18H28F3IN4O. The van der Waals surface area contributed by atoms with Crippen molar-refractivity contribution in [3.05, 3.63) is 24.3 Å². The van der Waals surface area contributed by atoms with Gasteiger partial charge in [0.25, 0.3) is 0 Å². The highest BCUT2D eigenvalue weighted by Crippen LogP contribution is 2.30. The maximum atomic E-state index is 12.5. The van der Waals surface area contributed by atoms with E-state index in [1.54, 1.807) is 6.07 Å². The molecule has 27 heavy (non-hydrogen) atoms. The summed E-state index contributed by atoms with van der Waals surface area (Å²) in [6, 6.07) is 5.74. The Labute approximate surface area is 175 Å². The van der Waals surface area contributed by atoms with E-state index >= 15 is 0 Å². The van der Waals surface area contributed by atoms with Crippen molar-refractivity contribution in [2.45, 2.75) is 45.5 Å². The third-order valence-corrected chi connectivity index (χ3v) is 4.52. The van der Waals surface area contributed by atoms with E-state index in [0.29, 0.717) is 12.5 Å². The SMILES string of the molecule is CC1CCCN(C(C)(C)CN=C(N)Nc2ccccc2OC(F)(F)F)C1.I. The fraction of sp³-hybridized carbons (Fsp3) is 0.611. The minimum Gasteiger partial charge on any atom is -0.404 e. The summed E-state index contributed by atoms with van der Waals surface area (Å²) in [5.74, 6) is 0.359. The highest BCUT2D eigenvalue weighted by molar-refractivity contribution is 14.0. The number of halogens is 4. The Morgan fingerprint density at radius 3 is 2.63 bits per heavy atom. The molecule has 0 spiro atoms. The molecule has 1 fully saturated rings. The number of nitrogens with zero attached hydrogens (tertiary/aromatic N) is 2. The molecule has 1 atom stereocenters. The fourth-order valence-corrected chi connectivity index (χ4v) is 3.08. The first kappa shape index (κ1) is 23.8. The second kappa shape index (κ2) is 9.81. The lowest BCUT2D eigenvalue weighted by atomic mass is 9.94. The molecule has 0 amide bonds. The van der Waals surface area contributed by atoms with Crippen LogP contribution in [0, 0.1) is 5.92 Å². The molecule has 1 aromatic rings. The number of hydrogen-bond donors (Lipinski definition) is 2. The van der Waals surface area contributed by atoms with E-state index in [1.165, 1.54) is 24.6 Å². The van der Waals surface area contributed by atoms with Crippen LogP contribution in [-0.2, 0) is 0 Å². The Kier molecular flexibility index (Phi) is 8.65. The summed E-state index contributed by atoms with van der Waals surface area (Å²) in [7, 11) is 0. The molecule has 1 aliphatic heterocycles. The van der Waals surface area contributed by atoms with E-state index in [9.17, 15) is 13.2 Å². The monoisotopic (exact) mass is 500 g/mol. The van der Waals surface area contributed by atoms with E-state index < -0.39 is 6.36 Å². The highest BCUT2D eigenvalue weighted by atomic mass is 127. The first-order valence-corrected chi connectivity index (χ1v) is 8.73. The van der Waals surface area contributed by atoms with E-state index in [2.05, 4.69) is 40.7 Å². The predicted octanol–water partition coefficient (Wildman–Crippen LogP) is 4.44. The summed E-state index contributed by atoms with van der Waals surface area (Å²) in [6.45, 7) is 8.91. The van der Waals surface area contributed by atoms with Gasteiger partial charge in [-0.05, 0) is 51.3 Å². The molecule has 1 unspecified atom stereocenters. The van der Waals surface area contributed by atoms with Gasteiger partial charge >= 0.3 is 6.36 Å². The highest BCUT2D eigenvalue weighted by Gasteiger charge is 2.32. The number of alkyl halides is 3. The van der Waals surface area contributed by atoms with Crippen molar-refractivity contribution < 1.29 is 17.9 Å². The number of piperidine rings is 1. The van der Waals surface area contributed by atoms with Gasteiger partial charge in [-0.2, -0.15) is 0 Å². The smallest absolute Gasteiger partial charge is 0.404 e. The van der Waals surface area contributed by atoms with Crippen LogP contribution in [0.15, 0.2) is 29.3 Å². The molecule has 0 saturated carbocycles. The van der Waals surface area contributed by atoms with Crippen molar-refractivity contribution in [2.24, 2.45) is 16.6 Å². The average Bonchev–Trinajstić information content (AvgIpc) is 2.54. The van der Waals surface area contributed by atoms with Gasteiger partial charge in [-0.15, -0.1) is 37.1 Å². The third kappa shape index (κ3) is 7.73.